The van der Waals surface area contributed by atoms with E-state index in [9.17, 15) is 14.7 Å². The van der Waals surface area contributed by atoms with Crippen LogP contribution in [-0.2, 0) is 19.1 Å². The van der Waals surface area contributed by atoms with Crippen LogP contribution in [0.3, 0.4) is 0 Å². The molecule has 1 N–H and O–H groups in total. The van der Waals surface area contributed by atoms with Gasteiger partial charge in [-0.25, -0.2) is 0 Å². The molecule has 0 fully saturated rings. The first kappa shape index (κ1) is 90.3. The van der Waals surface area contributed by atoms with E-state index in [1.54, 1.807) is 0 Å². The Morgan fingerprint density at radius 1 is 0.245 bits per heavy atom. The summed E-state index contributed by atoms with van der Waals surface area (Å²) in [6.45, 7) is 3.96. The maximum Gasteiger partial charge on any atom is 0.306 e. The summed E-state index contributed by atoms with van der Waals surface area (Å²) in [4.78, 5) is 24.7. The molecule has 0 heterocycles. The highest BCUT2D eigenvalue weighted by atomic mass is 16.6. The molecule has 94 heavy (non-hydrogen) atoms. The van der Waals surface area contributed by atoms with Gasteiger partial charge in [0, 0.05) is 12.8 Å². The fourth-order valence-electron chi connectivity index (χ4n) is 12.2. The third kappa shape index (κ3) is 80.7. The molecule has 0 aromatic carbocycles. The van der Waals surface area contributed by atoms with Crippen molar-refractivity contribution in [3.05, 3.63) is 122 Å². The van der Waals surface area contributed by atoms with Gasteiger partial charge in [0.2, 0.25) is 0 Å². The van der Waals surface area contributed by atoms with E-state index < -0.39 is 6.10 Å². The quantitative estimate of drug-likeness (QED) is 0.0373. The zero-order valence-electron chi connectivity index (χ0n) is 62.5. The number of hydrogen-bond donors (Lipinski definition) is 1. The molecule has 1 atom stereocenters. The summed E-state index contributed by atoms with van der Waals surface area (Å²) in [5.74, 6) is -0.569. The summed E-state index contributed by atoms with van der Waals surface area (Å²) >= 11 is 0. The molecule has 5 nitrogen and oxygen atoms in total. The minimum absolute atomic E-state index is 0.0626. The first-order valence-electron chi connectivity index (χ1n) is 41.1. The Morgan fingerprint density at radius 3 is 0.638 bits per heavy atom. The highest BCUT2D eigenvalue weighted by Crippen LogP contribution is 2.20. The van der Waals surface area contributed by atoms with Crippen LogP contribution in [-0.4, -0.2) is 36.4 Å². The van der Waals surface area contributed by atoms with E-state index >= 15 is 0 Å². The Bertz CT molecular complexity index is 1820. The molecule has 0 radical (unpaired) electrons. The molecule has 0 aliphatic heterocycles. The molecule has 542 valence electrons. The van der Waals surface area contributed by atoms with Crippen molar-refractivity contribution in [1.29, 1.82) is 0 Å². The van der Waals surface area contributed by atoms with Crippen LogP contribution in [0.15, 0.2) is 122 Å². The molecule has 0 amide bonds. The average molecular weight is 1310 g/mol. The number of unbranched alkanes of at least 4 members (excludes halogenated alkanes) is 48. The predicted molar refractivity (Wildman–Crippen MR) is 417 cm³/mol. The number of ether oxygens (including phenoxy) is 2. The van der Waals surface area contributed by atoms with Crippen molar-refractivity contribution < 1.29 is 24.2 Å². The average Bonchev–Trinajstić information content (AvgIpc) is 3.77. The lowest BCUT2D eigenvalue weighted by atomic mass is 10.0. The van der Waals surface area contributed by atoms with Crippen molar-refractivity contribution in [3.8, 4) is 0 Å². The van der Waals surface area contributed by atoms with Crippen LogP contribution in [0.5, 0.6) is 0 Å². The monoisotopic (exact) mass is 1310 g/mol. The second kappa shape index (κ2) is 83.5. The van der Waals surface area contributed by atoms with Crippen molar-refractivity contribution in [1.82, 2.24) is 0 Å². The zero-order valence-corrected chi connectivity index (χ0v) is 62.5. The van der Waals surface area contributed by atoms with Crippen molar-refractivity contribution in [2.45, 2.75) is 418 Å². The zero-order chi connectivity index (χ0) is 67.5. The molecule has 1 unspecified atom stereocenters. The number of esters is 2. The fraction of sp³-hybridized carbons (Fsp3) is 0.753. The van der Waals surface area contributed by atoms with Crippen molar-refractivity contribution in [2.24, 2.45) is 0 Å². The van der Waals surface area contributed by atoms with Gasteiger partial charge in [0.25, 0.3) is 0 Å². The third-order valence-corrected chi connectivity index (χ3v) is 18.3. The van der Waals surface area contributed by atoms with E-state index in [1.165, 1.54) is 283 Å². The van der Waals surface area contributed by atoms with Gasteiger partial charge in [0.15, 0.2) is 6.10 Å². The minimum atomic E-state index is -0.775. The summed E-state index contributed by atoms with van der Waals surface area (Å²) < 4.78 is 10.8. The van der Waals surface area contributed by atoms with E-state index in [4.69, 9.17) is 9.47 Å². The highest BCUT2D eigenvalue weighted by Gasteiger charge is 2.16. The second-order valence-corrected chi connectivity index (χ2v) is 27.4. The lowest BCUT2D eigenvalue weighted by molar-refractivity contribution is -0.161. The number of aliphatic hydroxyl groups excluding tert-OH is 1. The normalized spacial score (nSPS) is 12.8. The lowest BCUT2D eigenvalue weighted by Gasteiger charge is -2.15. The maximum atomic E-state index is 12.4. The molecule has 0 bridgehead atoms. The number of carbonyl (C=O) groups is 2. The smallest absolute Gasteiger partial charge is 0.306 e. The van der Waals surface area contributed by atoms with Gasteiger partial charge in [-0.2, -0.15) is 0 Å². The largest absolute Gasteiger partial charge is 0.462 e. The van der Waals surface area contributed by atoms with Crippen LogP contribution in [0.4, 0.5) is 0 Å². The van der Waals surface area contributed by atoms with Gasteiger partial charge < -0.3 is 14.6 Å². The van der Waals surface area contributed by atoms with Crippen LogP contribution >= 0.6 is 0 Å². The van der Waals surface area contributed by atoms with Crippen LogP contribution in [0.1, 0.15) is 412 Å². The lowest BCUT2D eigenvalue weighted by Crippen LogP contribution is -2.28. The number of carbonyl (C=O) groups excluding carboxylic acids is 2. The Kier molecular flexibility index (Phi) is 80.2. The highest BCUT2D eigenvalue weighted by molar-refractivity contribution is 5.70. The van der Waals surface area contributed by atoms with Crippen LogP contribution in [0.2, 0.25) is 0 Å². The molecular formula is C89H156O5. The van der Waals surface area contributed by atoms with Gasteiger partial charge in [-0.1, -0.05) is 418 Å². The molecule has 5 heteroatoms. The fourth-order valence-corrected chi connectivity index (χ4v) is 12.2. The van der Waals surface area contributed by atoms with Gasteiger partial charge in [0.05, 0.1) is 6.61 Å². The van der Waals surface area contributed by atoms with E-state index in [0.717, 1.165) is 103 Å². The number of aliphatic hydroxyl groups is 1. The van der Waals surface area contributed by atoms with Gasteiger partial charge in [-0.15, -0.1) is 0 Å². The number of hydrogen-bond acceptors (Lipinski definition) is 5. The van der Waals surface area contributed by atoms with Crippen molar-refractivity contribution in [3.63, 3.8) is 0 Å². The van der Waals surface area contributed by atoms with Gasteiger partial charge in [0.1, 0.15) is 6.61 Å². The van der Waals surface area contributed by atoms with E-state index in [2.05, 4.69) is 135 Å². The Labute approximate surface area is 585 Å². The summed E-state index contributed by atoms with van der Waals surface area (Å²) in [6, 6.07) is 0. The second-order valence-electron chi connectivity index (χ2n) is 27.4. The summed E-state index contributed by atoms with van der Waals surface area (Å²) in [6.07, 6.45) is 123. The molecule has 0 rings (SSSR count). The molecule has 0 aliphatic carbocycles. The summed E-state index contributed by atoms with van der Waals surface area (Å²) in [5.41, 5.74) is 0. The molecule has 0 saturated carbocycles. The van der Waals surface area contributed by atoms with Crippen LogP contribution < -0.4 is 0 Å². The Balaban J connectivity index is 3.39. The van der Waals surface area contributed by atoms with E-state index in [-0.39, 0.29) is 25.2 Å². The van der Waals surface area contributed by atoms with Crippen LogP contribution in [0.25, 0.3) is 0 Å². The summed E-state index contributed by atoms with van der Waals surface area (Å²) in [5, 5.41) is 9.74. The van der Waals surface area contributed by atoms with Crippen LogP contribution in [0, 0.1) is 0 Å². The summed E-state index contributed by atoms with van der Waals surface area (Å²) in [7, 11) is 0. The van der Waals surface area contributed by atoms with Gasteiger partial charge in [-0.3, -0.25) is 9.59 Å². The first-order valence-corrected chi connectivity index (χ1v) is 41.1. The topological polar surface area (TPSA) is 72.8 Å². The minimum Gasteiger partial charge on any atom is -0.462 e. The number of rotatable bonds is 76. The Hall–Kier alpha value is -3.70. The molecule has 0 aromatic rings. The third-order valence-electron chi connectivity index (χ3n) is 18.3. The van der Waals surface area contributed by atoms with Crippen molar-refractivity contribution in [2.75, 3.05) is 13.2 Å². The van der Waals surface area contributed by atoms with E-state index in [0.29, 0.717) is 12.8 Å². The Morgan fingerprint density at radius 2 is 0.426 bits per heavy atom. The molecular weight excluding hydrogens is 1150 g/mol. The first-order chi connectivity index (χ1) is 46.6. The number of allylic oxidation sites excluding steroid dienone is 20. The predicted octanol–water partition coefficient (Wildman–Crippen LogP) is 29.2. The SMILES string of the molecule is CC/C=C\C/C=C\C/C=C\C/C=C\C/C=C\C/C=C\CCCCCCCCCCCCCCCCCCCCCCCCC(=O)OC(CO)COC(=O)CCCCCCCCCCCCCCCCCCCCCCCCCCCC/C=C\C/C=C\C/C=C\C/C=C\CC. The van der Waals surface area contributed by atoms with Gasteiger partial charge in [-0.05, 0) is 103 Å². The van der Waals surface area contributed by atoms with Gasteiger partial charge >= 0.3 is 11.9 Å². The standard InChI is InChI=1S/C89H156O5/c1-3-5-7-9-11-13-15-17-19-21-23-25-27-29-31-33-35-37-39-41-43-44-46-48-50-52-54-56-58-60-62-64-66-68-70-72-74-76-78-80-82-84-89(92)94-87(85-90)86-93-88(91)83-81-79-77-75-73-71-69-67-65-63-61-59-57-55-53-51-49-47-45-42-40-38-36-34-32-30-28-26-24-22-20-18-16-14-12-10-8-6-4-2/h5-8,11-14,17-20,23-26,29,31,35,37,87,90H,3-4,9-10,15-16,21-22,27-28,30,32-34,36,38-86H2,1-2H3/b7-5-,8-6-,13-11-,14-12-,19-17-,20-18-,25-23-,26-24-,31-29-,37-35-. The molecule has 0 aromatic heterocycles. The van der Waals surface area contributed by atoms with Crippen molar-refractivity contribution >= 4 is 11.9 Å². The molecule has 0 aliphatic rings. The maximum absolute atomic E-state index is 12.4. The molecule has 0 saturated heterocycles. The molecule has 0 spiro atoms. The van der Waals surface area contributed by atoms with E-state index in [1.807, 2.05) is 0 Å².